The van der Waals surface area contributed by atoms with E-state index in [4.69, 9.17) is 11.6 Å². The van der Waals surface area contributed by atoms with Crippen LogP contribution in [0.4, 0.5) is 0 Å². The van der Waals surface area contributed by atoms with Gasteiger partial charge in [0.25, 0.3) is 0 Å². The van der Waals surface area contributed by atoms with E-state index in [0.29, 0.717) is 11.6 Å². The van der Waals surface area contributed by atoms with Crippen LogP contribution in [0.15, 0.2) is 6.20 Å². The number of nitrogens with zero attached hydrogens (tertiary/aromatic N) is 5. The predicted molar refractivity (Wildman–Crippen MR) is 90.5 cm³/mol. The number of hydrogen-bond donors (Lipinski definition) is 0. The van der Waals surface area contributed by atoms with E-state index in [0.717, 1.165) is 29.2 Å². The summed E-state index contributed by atoms with van der Waals surface area (Å²) in [6.45, 7) is 11.1. The van der Waals surface area contributed by atoms with E-state index in [9.17, 15) is 4.79 Å². The van der Waals surface area contributed by atoms with Crippen LogP contribution in [0, 0.1) is 20.8 Å². The Bertz CT molecular complexity index is 718. The molecule has 1 unspecified atom stereocenters. The molecule has 0 saturated carbocycles. The SMILES string of the molecule is CCn1nc(C)c(CN(C)C(=O)C(C)n2ncc(Cl)c2C)c1C. The van der Waals surface area contributed by atoms with Gasteiger partial charge in [0.15, 0.2) is 0 Å². The van der Waals surface area contributed by atoms with Crippen molar-refractivity contribution in [3.05, 3.63) is 33.9 Å². The number of amides is 1. The Hall–Kier alpha value is -1.82. The highest BCUT2D eigenvalue weighted by molar-refractivity contribution is 6.31. The zero-order valence-corrected chi connectivity index (χ0v) is 15.3. The van der Waals surface area contributed by atoms with Crippen LogP contribution in [0.3, 0.4) is 0 Å². The summed E-state index contributed by atoms with van der Waals surface area (Å²) in [4.78, 5) is 14.4. The van der Waals surface area contributed by atoms with Crippen molar-refractivity contribution in [2.75, 3.05) is 7.05 Å². The molecule has 0 spiro atoms. The minimum absolute atomic E-state index is 0.00378. The summed E-state index contributed by atoms with van der Waals surface area (Å²) in [6, 6.07) is -0.394. The van der Waals surface area contributed by atoms with E-state index in [2.05, 4.69) is 17.1 Å². The minimum Gasteiger partial charge on any atom is -0.339 e. The molecule has 0 aromatic carbocycles. The maximum atomic E-state index is 12.7. The lowest BCUT2D eigenvalue weighted by atomic mass is 10.1. The summed E-state index contributed by atoms with van der Waals surface area (Å²) in [5.74, 6) is -0.00378. The Morgan fingerprint density at radius 3 is 2.48 bits per heavy atom. The summed E-state index contributed by atoms with van der Waals surface area (Å²) in [6.07, 6.45) is 1.57. The number of carbonyl (C=O) groups excluding carboxylic acids is 1. The van der Waals surface area contributed by atoms with Gasteiger partial charge in [0.1, 0.15) is 6.04 Å². The molecule has 23 heavy (non-hydrogen) atoms. The lowest BCUT2D eigenvalue weighted by molar-refractivity contribution is -0.133. The molecule has 0 radical (unpaired) electrons. The quantitative estimate of drug-likeness (QED) is 0.843. The van der Waals surface area contributed by atoms with Crippen LogP contribution in [-0.4, -0.2) is 37.4 Å². The zero-order chi connectivity index (χ0) is 17.3. The smallest absolute Gasteiger partial charge is 0.247 e. The van der Waals surface area contributed by atoms with E-state index in [-0.39, 0.29) is 5.91 Å². The van der Waals surface area contributed by atoms with Gasteiger partial charge in [0, 0.05) is 31.4 Å². The first kappa shape index (κ1) is 17.5. The van der Waals surface area contributed by atoms with Crippen LogP contribution in [0.5, 0.6) is 0 Å². The van der Waals surface area contributed by atoms with Gasteiger partial charge in [-0.05, 0) is 34.6 Å². The number of aromatic nitrogens is 4. The van der Waals surface area contributed by atoms with Gasteiger partial charge in [-0.2, -0.15) is 10.2 Å². The fraction of sp³-hybridized carbons (Fsp3) is 0.562. The summed E-state index contributed by atoms with van der Waals surface area (Å²) >= 11 is 6.03. The molecule has 126 valence electrons. The van der Waals surface area contributed by atoms with E-state index in [1.165, 1.54) is 0 Å². The average Bonchev–Trinajstić information content (AvgIpc) is 2.99. The largest absolute Gasteiger partial charge is 0.339 e. The van der Waals surface area contributed by atoms with Crippen LogP contribution >= 0.6 is 11.6 Å². The molecule has 7 heteroatoms. The van der Waals surface area contributed by atoms with Gasteiger partial charge >= 0.3 is 0 Å². The molecule has 2 aromatic rings. The normalized spacial score (nSPS) is 12.5. The molecule has 0 fully saturated rings. The van der Waals surface area contributed by atoms with Crippen LogP contribution < -0.4 is 0 Å². The van der Waals surface area contributed by atoms with E-state index < -0.39 is 6.04 Å². The van der Waals surface area contributed by atoms with Gasteiger partial charge in [-0.15, -0.1) is 0 Å². The molecule has 0 saturated heterocycles. The van der Waals surface area contributed by atoms with Crippen molar-refractivity contribution in [3.8, 4) is 0 Å². The fourth-order valence-corrected chi connectivity index (χ4v) is 2.93. The van der Waals surface area contributed by atoms with Crippen molar-refractivity contribution in [1.82, 2.24) is 24.5 Å². The third-order valence-electron chi connectivity index (χ3n) is 4.31. The number of halogens is 1. The Morgan fingerprint density at radius 1 is 1.35 bits per heavy atom. The molecule has 2 aromatic heterocycles. The number of carbonyl (C=O) groups is 1. The zero-order valence-electron chi connectivity index (χ0n) is 14.6. The van der Waals surface area contributed by atoms with Crippen molar-refractivity contribution in [1.29, 1.82) is 0 Å². The predicted octanol–water partition coefficient (Wildman–Crippen LogP) is 2.90. The Balaban J connectivity index is 2.17. The van der Waals surface area contributed by atoms with Crippen molar-refractivity contribution in [2.45, 2.75) is 53.8 Å². The highest BCUT2D eigenvalue weighted by atomic mass is 35.5. The molecule has 0 aliphatic heterocycles. The molecular formula is C16H24ClN5O. The van der Waals surface area contributed by atoms with Gasteiger partial charge in [-0.1, -0.05) is 11.6 Å². The van der Waals surface area contributed by atoms with Crippen molar-refractivity contribution < 1.29 is 4.79 Å². The second kappa shape index (κ2) is 6.74. The van der Waals surface area contributed by atoms with Gasteiger partial charge < -0.3 is 4.90 Å². The van der Waals surface area contributed by atoms with Crippen molar-refractivity contribution in [2.24, 2.45) is 0 Å². The van der Waals surface area contributed by atoms with E-state index in [1.54, 1.807) is 22.8 Å². The fourth-order valence-electron chi connectivity index (χ4n) is 2.80. The summed E-state index contributed by atoms with van der Waals surface area (Å²) in [5.41, 5.74) is 3.97. The third kappa shape index (κ3) is 3.27. The second-order valence-corrected chi connectivity index (χ2v) is 6.27. The number of rotatable bonds is 5. The molecule has 0 N–H and O–H groups in total. The third-order valence-corrected chi connectivity index (χ3v) is 4.68. The maximum absolute atomic E-state index is 12.7. The molecule has 6 nitrogen and oxygen atoms in total. The first-order valence-corrected chi connectivity index (χ1v) is 8.13. The van der Waals surface area contributed by atoms with Gasteiger partial charge in [0.2, 0.25) is 5.91 Å². The second-order valence-electron chi connectivity index (χ2n) is 5.86. The maximum Gasteiger partial charge on any atom is 0.247 e. The summed E-state index contributed by atoms with van der Waals surface area (Å²) in [7, 11) is 1.81. The highest BCUT2D eigenvalue weighted by Crippen LogP contribution is 2.21. The average molecular weight is 338 g/mol. The lowest BCUT2D eigenvalue weighted by Gasteiger charge is -2.22. The first-order valence-electron chi connectivity index (χ1n) is 7.75. The molecule has 1 amide bonds. The van der Waals surface area contributed by atoms with Gasteiger partial charge in [-0.25, -0.2) is 0 Å². The summed E-state index contributed by atoms with van der Waals surface area (Å²) < 4.78 is 3.63. The van der Waals surface area contributed by atoms with Crippen LogP contribution in [0.2, 0.25) is 5.02 Å². The number of hydrogen-bond acceptors (Lipinski definition) is 3. The van der Waals surface area contributed by atoms with Gasteiger partial charge in [0.05, 0.1) is 22.6 Å². The van der Waals surface area contributed by atoms with E-state index >= 15 is 0 Å². The van der Waals surface area contributed by atoms with Crippen LogP contribution in [0.1, 0.15) is 42.5 Å². The minimum atomic E-state index is -0.394. The van der Waals surface area contributed by atoms with Gasteiger partial charge in [-0.3, -0.25) is 14.2 Å². The highest BCUT2D eigenvalue weighted by Gasteiger charge is 2.23. The Morgan fingerprint density at radius 2 is 2.00 bits per heavy atom. The van der Waals surface area contributed by atoms with Crippen molar-refractivity contribution in [3.63, 3.8) is 0 Å². The first-order chi connectivity index (χ1) is 10.8. The molecular weight excluding hydrogens is 314 g/mol. The summed E-state index contributed by atoms with van der Waals surface area (Å²) in [5, 5.41) is 9.28. The lowest BCUT2D eigenvalue weighted by Crippen LogP contribution is -2.33. The Kier molecular flexibility index (Phi) is 5.14. The van der Waals surface area contributed by atoms with E-state index in [1.807, 2.05) is 32.4 Å². The monoisotopic (exact) mass is 337 g/mol. The number of aryl methyl sites for hydroxylation is 2. The molecule has 2 heterocycles. The van der Waals surface area contributed by atoms with Crippen LogP contribution in [0.25, 0.3) is 0 Å². The van der Waals surface area contributed by atoms with Crippen LogP contribution in [-0.2, 0) is 17.9 Å². The Labute approximate surface area is 142 Å². The number of likely N-dealkylation sites (N-methyl/N-ethyl adjacent to an activating group) is 1. The molecule has 2 rings (SSSR count). The molecule has 0 aliphatic carbocycles. The molecule has 0 bridgehead atoms. The standard InChI is InChI=1S/C16H24ClN5O/c1-7-21-11(3)14(10(2)19-21)9-20(6)16(23)13(5)22-12(4)15(17)8-18-22/h8,13H,7,9H2,1-6H3. The molecule has 1 atom stereocenters. The van der Waals surface area contributed by atoms with Crippen molar-refractivity contribution >= 4 is 17.5 Å². The molecule has 0 aliphatic rings. The topological polar surface area (TPSA) is 56.0 Å².